The topological polar surface area (TPSA) is 88.6 Å². The Hall–Kier alpha value is -2.97. The molecule has 1 N–H and O–H groups in total. The van der Waals surface area contributed by atoms with E-state index in [0.717, 1.165) is 23.6 Å². The Labute approximate surface area is 169 Å². The number of rotatable bonds is 5. The molecule has 1 aliphatic rings. The molecular formula is C21H21N3O4S. The zero-order valence-electron chi connectivity index (χ0n) is 16.0. The predicted octanol–water partition coefficient (Wildman–Crippen LogP) is 3.28. The minimum Gasteiger partial charge on any atom is -0.496 e. The maximum Gasteiger partial charge on any atom is 0.259 e. The van der Waals surface area contributed by atoms with Crippen molar-refractivity contribution in [3.8, 4) is 5.75 Å². The third-order valence-electron chi connectivity index (χ3n) is 5.05. The normalized spacial score (nSPS) is 14.8. The van der Waals surface area contributed by atoms with Gasteiger partial charge < -0.3 is 10.1 Å². The van der Waals surface area contributed by atoms with Crippen molar-refractivity contribution in [3.63, 3.8) is 0 Å². The van der Waals surface area contributed by atoms with Crippen LogP contribution in [0.15, 0.2) is 59.8 Å². The summed E-state index contributed by atoms with van der Waals surface area (Å²) in [5, 5.41) is 4.60. The lowest BCUT2D eigenvalue weighted by Gasteiger charge is -2.17. The van der Waals surface area contributed by atoms with Crippen molar-refractivity contribution in [2.75, 3.05) is 25.5 Å². The molecule has 1 saturated heterocycles. The van der Waals surface area contributed by atoms with Crippen LogP contribution in [0.3, 0.4) is 0 Å². The van der Waals surface area contributed by atoms with Crippen molar-refractivity contribution in [1.82, 2.24) is 9.29 Å². The highest BCUT2D eigenvalue weighted by Crippen LogP contribution is 2.28. The van der Waals surface area contributed by atoms with Gasteiger partial charge in [0.2, 0.25) is 10.0 Å². The zero-order chi connectivity index (χ0) is 20.4. The van der Waals surface area contributed by atoms with Crippen molar-refractivity contribution >= 4 is 32.4 Å². The van der Waals surface area contributed by atoms with Crippen LogP contribution in [-0.2, 0) is 10.0 Å². The van der Waals surface area contributed by atoms with E-state index in [2.05, 4.69) is 10.3 Å². The third kappa shape index (κ3) is 3.68. The Morgan fingerprint density at radius 3 is 2.69 bits per heavy atom. The Balaban J connectivity index is 1.70. The largest absolute Gasteiger partial charge is 0.496 e. The first-order chi connectivity index (χ1) is 14.0. The highest BCUT2D eigenvalue weighted by Gasteiger charge is 2.28. The molecule has 2 heterocycles. The third-order valence-corrected chi connectivity index (χ3v) is 6.94. The van der Waals surface area contributed by atoms with Crippen LogP contribution in [0.4, 0.5) is 5.69 Å². The van der Waals surface area contributed by atoms with Crippen molar-refractivity contribution in [2.45, 2.75) is 17.7 Å². The lowest BCUT2D eigenvalue weighted by Crippen LogP contribution is -2.28. The first kappa shape index (κ1) is 19.4. The molecule has 1 aliphatic heterocycles. The average molecular weight is 411 g/mol. The van der Waals surface area contributed by atoms with E-state index in [1.165, 1.54) is 29.6 Å². The number of hydrogen-bond donors (Lipinski definition) is 1. The molecule has 0 atom stereocenters. The Kier molecular flexibility index (Phi) is 5.21. The summed E-state index contributed by atoms with van der Waals surface area (Å²) >= 11 is 0. The molecule has 1 amide bonds. The number of carbonyl (C=O) groups is 1. The van der Waals surface area contributed by atoms with Gasteiger partial charge >= 0.3 is 0 Å². The van der Waals surface area contributed by atoms with Crippen LogP contribution in [0.1, 0.15) is 23.2 Å². The molecule has 0 spiro atoms. The van der Waals surface area contributed by atoms with Crippen LogP contribution in [-0.4, -0.2) is 43.8 Å². The second-order valence-corrected chi connectivity index (χ2v) is 8.77. The van der Waals surface area contributed by atoms with Gasteiger partial charge in [-0.15, -0.1) is 0 Å². The molecule has 0 aliphatic carbocycles. The number of nitrogens with one attached hydrogen (secondary N) is 1. The van der Waals surface area contributed by atoms with Gasteiger partial charge in [-0.05, 0) is 43.2 Å². The van der Waals surface area contributed by atoms with Crippen LogP contribution in [0.2, 0.25) is 0 Å². The standard InChI is InChI=1S/C21H21N3O4S/c1-28-20-8-7-16(29(26,27)24-11-2-3-12-24)13-18(20)21(25)23-19-6-4-5-15-14-22-10-9-17(15)19/h4-10,13-14H,2-3,11-12H2,1H3,(H,23,25). The number of fused-ring (bicyclic) bond motifs is 1. The molecule has 4 rings (SSSR count). The van der Waals surface area contributed by atoms with Gasteiger partial charge in [0.25, 0.3) is 5.91 Å². The average Bonchev–Trinajstić information content (AvgIpc) is 3.29. The van der Waals surface area contributed by atoms with Crippen molar-refractivity contribution in [3.05, 3.63) is 60.4 Å². The van der Waals surface area contributed by atoms with E-state index in [1.54, 1.807) is 18.5 Å². The molecule has 0 unspecified atom stereocenters. The highest BCUT2D eigenvalue weighted by atomic mass is 32.2. The number of anilines is 1. The fraction of sp³-hybridized carbons (Fsp3) is 0.238. The highest BCUT2D eigenvalue weighted by molar-refractivity contribution is 7.89. The maximum atomic E-state index is 13.0. The molecule has 2 aromatic carbocycles. The lowest BCUT2D eigenvalue weighted by molar-refractivity contribution is 0.102. The first-order valence-corrected chi connectivity index (χ1v) is 10.8. The molecule has 8 heteroatoms. The molecule has 29 heavy (non-hydrogen) atoms. The molecule has 0 radical (unpaired) electrons. The smallest absolute Gasteiger partial charge is 0.259 e. The minimum atomic E-state index is -3.64. The van der Waals surface area contributed by atoms with Gasteiger partial charge in [0.1, 0.15) is 5.75 Å². The molecule has 7 nitrogen and oxygen atoms in total. The molecular weight excluding hydrogens is 390 g/mol. The molecule has 0 bridgehead atoms. The van der Waals surface area contributed by atoms with Gasteiger partial charge in [-0.1, -0.05) is 12.1 Å². The van der Waals surface area contributed by atoms with Crippen LogP contribution in [0.5, 0.6) is 5.75 Å². The fourth-order valence-corrected chi connectivity index (χ4v) is 5.07. The summed E-state index contributed by atoms with van der Waals surface area (Å²) in [6.07, 6.45) is 5.06. The van der Waals surface area contributed by atoms with E-state index in [9.17, 15) is 13.2 Å². The number of hydrogen-bond acceptors (Lipinski definition) is 5. The van der Waals surface area contributed by atoms with Gasteiger partial charge in [0.05, 0.1) is 17.6 Å². The molecule has 0 saturated carbocycles. The number of pyridine rings is 1. The van der Waals surface area contributed by atoms with E-state index >= 15 is 0 Å². The Morgan fingerprint density at radius 2 is 1.93 bits per heavy atom. The van der Waals surface area contributed by atoms with E-state index in [1.807, 2.05) is 18.2 Å². The number of benzene rings is 2. The van der Waals surface area contributed by atoms with Gasteiger partial charge in [0, 0.05) is 41.9 Å². The number of nitrogens with zero attached hydrogens (tertiary/aromatic N) is 2. The van der Waals surface area contributed by atoms with E-state index in [4.69, 9.17) is 4.74 Å². The minimum absolute atomic E-state index is 0.0902. The van der Waals surface area contributed by atoms with Crippen LogP contribution >= 0.6 is 0 Å². The molecule has 3 aromatic rings. The summed E-state index contributed by atoms with van der Waals surface area (Å²) in [6.45, 7) is 1.000. The summed E-state index contributed by atoms with van der Waals surface area (Å²) in [5.74, 6) is -0.130. The number of ether oxygens (including phenoxy) is 1. The van der Waals surface area contributed by atoms with Gasteiger partial charge in [0.15, 0.2) is 0 Å². The van der Waals surface area contributed by atoms with Crippen molar-refractivity contribution < 1.29 is 17.9 Å². The Bertz CT molecular complexity index is 1170. The van der Waals surface area contributed by atoms with Crippen molar-refractivity contribution in [2.24, 2.45) is 0 Å². The fourth-order valence-electron chi connectivity index (χ4n) is 3.52. The summed E-state index contributed by atoms with van der Waals surface area (Å²) in [4.78, 5) is 17.2. The quantitative estimate of drug-likeness (QED) is 0.696. The van der Waals surface area contributed by atoms with E-state index < -0.39 is 15.9 Å². The number of amides is 1. The molecule has 1 aromatic heterocycles. The second kappa shape index (κ2) is 7.81. The second-order valence-electron chi connectivity index (χ2n) is 6.83. The number of carbonyl (C=O) groups excluding carboxylic acids is 1. The SMILES string of the molecule is COc1ccc(S(=O)(=O)N2CCCC2)cc1C(=O)Nc1cccc2cnccc12. The van der Waals surface area contributed by atoms with Crippen LogP contribution < -0.4 is 10.1 Å². The lowest BCUT2D eigenvalue weighted by atomic mass is 10.1. The van der Waals surface area contributed by atoms with E-state index in [-0.39, 0.29) is 10.5 Å². The van der Waals surface area contributed by atoms with Crippen LogP contribution in [0, 0.1) is 0 Å². The summed E-state index contributed by atoms with van der Waals surface area (Å²) in [7, 11) is -2.19. The summed E-state index contributed by atoms with van der Waals surface area (Å²) < 4.78 is 32.5. The molecule has 150 valence electrons. The Morgan fingerprint density at radius 1 is 1.14 bits per heavy atom. The number of aromatic nitrogens is 1. The molecule has 1 fully saturated rings. The van der Waals surface area contributed by atoms with Gasteiger partial charge in [-0.3, -0.25) is 9.78 Å². The number of sulfonamides is 1. The van der Waals surface area contributed by atoms with E-state index in [0.29, 0.717) is 24.5 Å². The zero-order valence-corrected chi connectivity index (χ0v) is 16.8. The van der Waals surface area contributed by atoms with Gasteiger partial charge in [-0.2, -0.15) is 4.31 Å². The summed E-state index contributed by atoms with van der Waals surface area (Å²) in [6, 6.07) is 11.7. The predicted molar refractivity (Wildman–Crippen MR) is 111 cm³/mol. The monoisotopic (exact) mass is 411 g/mol. The summed E-state index contributed by atoms with van der Waals surface area (Å²) in [5.41, 5.74) is 0.781. The van der Waals surface area contributed by atoms with Gasteiger partial charge in [-0.25, -0.2) is 8.42 Å². The maximum absolute atomic E-state index is 13.0. The number of methoxy groups -OCH3 is 1. The van der Waals surface area contributed by atoms with Crippen molar-refractivity contribution in [1.29, 1.82) is 0 Å². The van der Waals surface area contributed by atoms with Crippen LogP contribution in [0.25, 0.3) is 10.8 Å². The first-order valence-electron chi connectivity index (χ1n) is 9.33.